The van der Waals surface area contributed by atoms with Gasteiger partial charge in [-0.15, -0.1) is 0 Å². The number of carbonyl (C=O) groups is 1. The smallest absolute Gasteiger partial charge is 0.289 e. The first-order valence-corrected chi connectivity index (χ1v) is 11.3. The lowest BCUT2D eigenvalue weighted by molar-refractivity contribution is -0.387. The third kappa shape index (κ3) is 4.97. The van der Waals surface area contributed by atoms with Crippen molar-refractivity contribution in [3.63, 3.8) is 0 Å². The summed E-state index contributed by atoms with van der Waals surface area (Å²) < 4.78 is 32.9. The second-order valence-corrected chi connectivity index (χ2v) is 9.83. The number of hydrogen-bond acceptors (Lipinski definition) is 6. The highest BCUT2D eigenvalue weighted by molar-refractivity contribution is 7.89. The van der Waals surface area contributed by atoms with Crippen LogP contribution in [0.4, 0.5) is 5.69 Å². The van der Waals surface area contributed by atoms with Crippen molar-refractivity contribution in [3.8, 4) is 5.75 Å². The molecule has 1 heterocycles. The Morgan fingerprint density at radius 3 is 2.23 bits per heavy atom. The maximum absolute atomic E-state index is 13.0. The Kier molecular flexibility index (Phi) is 6.54. The van der Waals surface area contributed by atoms with Gasteiger partial charge in [0.25, 0.3) is 11.6 Å². The number of ether oxygens (including phenoxy) is 1. The number of rotatable bonds is 6. The van der Waals surface area contributed by atoms with E-state index in [9.17, 15) is 23.3 Å². The van der Waals surface area contributed by atoms with E-state index in [1.165, 1.54) is 23.1 Å². The standard InChI is InChI=1S/C20H22ClN3O6S/c1-20(2,30-16-9-7-15(21)8-10-16)19(25)22-11-13-23(14-12-22)31(28,29)18-6-4-3-5-17(18)24(26)27/h3-10H,11-14H2,1-2H3. The van der Waals surface area contributed by atoms with Crippen molar-refractivity contribution < 1.29 is 22.9 Å². The average molecular weight is 468 g/mol. The maximum atomic E-state index is 13.0. The van der Waals surface area contributed by atoms with Crippen LogP contribution in [0.1, 0.15) is 13.8 Å². The lowest BCUT2D eigenvalue weighted by Gasteiger charge is -2.38. The van der Waals surface area contributed by atoms with E-state index in [-0.39, 0.29) is 37.0 Å². The Labute approximate surface area is 185 Å². The van der Waals surface area contributed by atoms with Gasteiger partial charge in [-0.3, -0.25) is 14.9 Å². The summed E-state index contributed by atoms with van der Waals surface area (Å²) in [5.41, 5.74) is -1.65. The molecule has 0 unspecified atom stereocenters. The van der Waals surface area contributed by atoms with Gasteiger partial charge in [0.1, 0.15) is 5.75 Å². The molecule has 0 atom stereocenters. The maximum Gasteiger partial charge on any atom is 0.289 e. The van der Waals surface area contributed by atoms with Crippen LogP contribution in [0.15, 0.2) is 53.4 Å². The number of nitro benzene ring substituents is 1. The first-order valence-electron chi connectivity index (χ1n) is 9.50. The number of piperazine rings is 1. The molecule has 1 aliphatic rings. The van der Waals surface area contributed by atoms with Crippen LogP contribution in [-0.4, -0.2) is 60.2 Å². The van der Waals surface area contributed by atoms with Gasteiger partial charge in [0.15, 0.2) is 10.5 Å². The zero-order chi connectivity index (χ0) is 22.8. The molecule has 166 valence electrons. The summed E-state index contributed by atoms with van der Waals surface area (Å²) in [4.78, 5) is 24.7. The molecular formula is C20H22ClN3O6S. The molecule has 0 saturated carbocycles. The molecule has 31 heavy (non-hydrogen) atoms. The van der Waals surface area contributed by atoms with E-state index in [1.807, 2.05) is 0 Å². The monoisotopic (exact) mass is 467 g/mol. The summed E-state index contributed by atoms with van der Waals surface area (Å²) in [6.45, 7) is 3.62. The number of nitrogens with zero attached hydrogens (tertiary/aromatic N) is 3. The number of amides is 1. The largest absolute Gasteiger partial charge is 0.478 e. The van der Waals surface area contributed by atoms with E-state index >= 15 is 0 Å². The van der Waals surface area contributed by atoms with Crippen molar-refractivity contribution in [1.29, 1.82) is 0 Å². The van der Waals surface area contributed by atoms with Crippen LogP contribution < -0.4 is 4.74 Å². The Morgan fingerprint density at radius 2 is 1.65 bits per heavy atom. The van der Waals surface area contributed by atoms with Gasteiger partial charge in [0.05, 0.1) is 4.92 Å². The lowest BCUT2D eigenvalue weighted by atomic mass is 10.1. The average Bonchev–Trinajstić information content (AvgIpc) is 2.74. The minimum absolute atomic E-state index is 0.0249. The highest BCUT2D eigenvalue weighted by Crippen LogP contribution is 2.28. The summed E-state index contributed by atoms with van der Waals surface area (Å²) in [7, 11) is -4.06. The van der Waals surface area contributed by atoms with Gasteiger partial charge in [0, 0.05) is 37.3 Å². The van der Waals surface area contributed by atoms with Crippen LogP contribution in [0.2, 0.25) is 5.02 Å². The van der Waals surface area contributed by atoms with E-state index in [0.29, 0.717) is 10.8 Å². The molecule has 2 aromatic rings. The summed E-state index contributed by atoms with van der Waals surface area (Å²) in [6, 6.07) is 11.9. The zero-order valence-electron chi connectivity index (χ0n) is 17.0. The summed E-state index contributed by atoms with van der Waals surface area (Å²) in [5, 5.41) is 11.8. The lowest BCUT2D eigenvalue weighted by Crippen LogP contribution is -2.56. The van der Waals surface area contributed by atoms with Crippen molar-refractivity contribution >= 4 is 33.2 Å². The first kappa shape index (κ1) is 23.0. The van der Waals surface area contributed by atoms with Crippen molar-refractivity contribution in [2.75, 3.05) is 26.2 Å². The first-order chi connectivity index (χ1) is 14.5. The van der Waals surface area contributed by atoms with Crippen LogP contribution in [0.3, 0.4) is 0 Å². The molecule has 0 bridgehead atoms. The van der Waals surface area contributed by atoms with Gasteiger partial charge < -0.3 is 9.64 Å². The number of hydrogen-bond donors (Lipinski definition) is 0. The summed E-state index contributed by atoms with van der Waals surface area (Å²) in [6.07, 6.45) is 0. The number of carbonyl (C=O) groups excluding carboxylic acids is 1. The molecule has 0 spiro atoms. The number of para-hydroxylation sites is 1. The third-order valence-corrected chi connectivity index (χ3v) is 7.11. The molecule has 11 heteroatoms. The molecule has 0 radical (unpaired) electrons. The fourth-order valence-corrected chi connectivity index (χ4v) is 5.02. The highest BCUT2D eigenvalue weighted by atomic mass is 35.5. The molecule has 0 aromatic heterocycles. The molecule has 9 nitrogen and oxygen atoms in total. The topological polar surface area (TPSA) is 110 Å². The van der Waals surface area contributed by atoms with Gasteiger partial charge in [-0.05, 0) is 44.2 Å². The minimum atomic E-state index is -4.06. The third-order valence-electron chi connectivity index (χ3n) is 4.91. The Hall–Kier alpha value is -2.69. The molecule has 0 aliphatic carbocycles. The Balaban J connectivity index is 1.69. The van der Waals surface area contributed by atoms with Crippen LogP contribution in [0.25, 0.3) is 0 Å². The number of nitro groups is 1. The van der Waals surface area contributed by atoms with Gasteiger partial charge in [-0.1, -0.05) is 23.7 Å². The molecule has 1 aliphatic heterocycles. The second-order valence-electron chi connectivity index (χ2n) is 7.49. The summed E-state index contributed by atoms with van der Waals surface area (Å²) >= 11 is 5.87. The van der Waals surface area contributed by atoms with Gasteiger partial charge in [-0.25, -0.2) is 8.42 Å². The molecular weight excluding hydrogens is 446 g/mol. The van der Waals surface area contributed by atoms with Gasteiger partial charge in [0.2, 0.25) is 10.0 Å². The van der Waals surface area contributed by atoms with Crippen LogP contribution in [-0.2, 0) is 14.8 Å². The van der Waals surface area contributed by atoms with E-state index in [2.05, 4.69) is 0 Å². The molecule has 1 fully saturated rings. The van der Waals surface area contributed by atoms with E-state index < -0.39 is 26.2 Å². The molecule has 0 N–H and O–H groups in total. The van der Waals surface area contributed by atoms with Gasteiger partial charge >= 0.3 is 0 Å². The van der Waals surface area contributed by atoms with Crippen LogP contribution >= 0.6 is 11.6 Å². The predicted octanol–water partition coefficient (Wildman–Crippen LogP) is 2.94. The molecule has 1 saturated heterocycles. The summed E-state index contributed by atoms with van der Waals surface area (Å²) in [5.74, 6) is 0.200. The number of halogens is 1. The normalized spacial score (nSPS) is 15.5. The fraction of sp³-hybridized carbons (Fsp3) is 0.350. The Bertz CT molecular complexity index is 1080. The van der Waals surface area contributed by atoms with Crippen LogP contribution in [0, 0.1) is 10.1 Å². The van der Waals surface area contributed by atoms with Crippen molar-refractivity contribution in [2.24, 2.45) is 0 Å². The van der Waals surface area contributed by atoms with Crippen molar-refractivity contribution in [2.45, 2.75) is 24.3 Å². The van der Waals surface area contributed by atoms with Crippen molar-refractivity contribution in [1.82, 2.24) is 9.21 Å². The molecule has 1 amide bonds. The predicted molar refractivity (Wildman–Crippen MR) is 115 cm³/mol. The second kappa shape index (κ2) is 8.81. The molecule has 3 rings (SSSR count). The SMILES string of the molecule is CC(C)(Oc1ccc(Cl)cc1)C(=O)N1CCN(S(=O)(=O)c2ccccc2[N+](=O)[O-])CC1. The number of sulfonamides is 1. The Morgan fingerprint density at radius 1 is 1.06 bits per heavy atom. The minimum Gasteiger partial charge on any atom is -0.478 e. The van der Waals surface area contributed by atoms with E-state index in [0.717, 1.165) is 10.4 Å². The zero-order valence-corrected chi connectivity index (χ0v) is 18.6. The van der Waals surface area contributed by atoms with Gasteiger partial charge in [-0.2, -0.15) is 4.31 Å². The van der Waals surface area contributed by atoms with E-state index in [1.54, 1.807) is 38.1 Å². The molecule has 2 aromatic carbocycles. The highest BCUT2D eigenvalue weighted by Gasteiger charge is 2.39. The number of benzene rings is 2. The van der Waals surface area contributed by atoms with Crippen LogP contribution in [0.5, 0.6) is 5.75 Å². The van der Waals surface area contributed by atoms with Crippen molar-refractivity contribution in [3.05, 3.63) is 63.7 Å². The fourth-order valence-electron chi connectivity index (χ4n) is 3.32. The van der Waals surface area contributed by atoms with E-state index in [4.69, 9.17) is 16.3 Å². The quantitative estimate of drug-likeness (QED) is 0.477.